The third-order valence-corrected chi connectivity index (χ3v) is 2.78. The second-order valence-corrected chi connectivity index (χ2v) is 5.28. The molecular formula is C15H21FN2O3. The molecule has 0 atom stereocenters. The van der Waals surface area contributed by atoms with Gasteiger partial charge in [-0.1, -0.05) is 26.0 Å². The maximum atomic E-state index is 13.0. The number of hydrogen-bond acceptors (Lipinski definition) is 2. The molecule has 6 heteroatoms. The molecule has 0 aromatic heterocycles. The summed E-state index contributed by atoms with van der Waals surface area (Å²) in [5.74, 6) is -1.18. The molecule has 21 heavy (non-hydrogen) atoms. The van der Waals surface area contributed by atoms with Gasteiger partial charge in [-0.2, -0.15) is 0 Å². The van der Waals surface area contributed by atoms with Crippen LogP contribution in [0.2, 0.25) is 0 Å². The molecule has 0 saturated carbocycles. The zero-order valence-corrected chi connectivity index (χ0v) is 12.3. The predicted molar refractivity (Wildman–Crippen MR) is 77.5 cm³/mol. The number of carboxylic acid groups (broad SMARTS) is 1. The van der Waals surface area contributed by atoms with E-state index in [1.54, 1.807) is 12.1 Å². The standard InChI is InChI=1S/C15H21FN2O3/c1-11(2)9-18(10-14(19)20)15(21)17-7-6-12-4-3-5-13(16)8-12/h3-5,8,11H,6-7,9-10H2,1-2H3,(H,17,21)(H,19,20). The lowest BCUT2D eigenvalue weighted by molar-refractivity contribution is -0.137. The quantitative estimate of drug-likeness (QED) is 0.809. The molecule has 0 aliphatic heterocycles. The molecule has 0 fully saturated rings. The maximum absolute atomic E-state index is 13.0. The van der Waals surface area contributed by atoms with Crippen molar-refractivity contribution in [3.63, 3.8) is 0 Å². The second-order valence-electron chi connectivity index (χ2n) is 5.28. The summed E-state index contributed by atoms with van der Waals surface area (Å²) >= 11 is 0. The first kappa shape index (κ1) is 16.9. The summed E-state index contributed by atoms with van der Waals surface area (Å²) in [6.07, 6.45) is 0.492. The number of carboxylic acids is 1. The van der Waals surface area contributed by atoms with Crippen molar-refractivity contribution >= 4 is 12.0 Å². The number of aliphatic carboxylic acids is 1. The van der Waals surface area contributed by atoms with E-state index in [0.717, 1.165) is 5.56 Å². The van der Waals surface area contributed by atoms with Crippen LogP contribution in [0.25, 0.3) is 0 Å². The van der Waals surface area contributed by atoms with E-state index < -0.39 is 12.0 Å². The molecule has 0 radical (unpaired) electrons. The van der Waals surface area contributed by atoms with E-state index in [0.29, 0.717) is 19.5 Å². The Hall–Kier alpha value is -2.11. The maximum Gasteiger partial charge on any atom is 0.323 e. The fourth-order valence-corrected chi connectivity index (χ4v) is 1.94. The molecule has 0 spiro atoms. The van der Waals surface area contributed by atoms with Crippen molar-refractivity contribution in [2.45, 2.75) is 20.3 Å². The van der Waals surface area contributed by atoms with E-state index in [1.807, 2.05) is 13.8 Å². The molecule has 2 N–H and O–H groups in total. The van der Waals surface area contributed by atoms with Gasteiger partial charge in [-0.25, -0.2) is 9.18 Å². The van der Waals surface area contributed by atoms with Gasteiger partial charge in [-0.3, -0.25) is 4.79 Å². The summed E-state index contributed by atoms with van der Waals surface area (Å²) in [7, 11) is 0. The van der Waals surface area contributed by atoms with Gasteiger partial charge in [0.2, 0.25) is 0 Å². The molecule has 0 aliphatic carbocycles. The number of nitrogens with zero attached hydrogens (tertiary/aromatic N) is 1. The largest absolute Gasteiger partial charge is 0.480 e. The van der Waals surface area contributed by atoms with Gasteiger partial charge < -0.3 is 15.3 Å². The van der Waals surface area contributed by atoms with E-state index >= 15 is 0 Å². The Morgan fingerprint density at radius 2 is 2.10 bits per heavy atom. The molecule has 5 nitrogen and oxygen atoms in total. The average molecular weight is 296 g/mol. The van der Waals surface area contributed by atoms with Crippen LogP contribution in [-0.4, -0.2) is 41.6 Å². The zero-order valence-electron chi connectivity index (χ0n) is 12.3. The Morgan fingerprint density at radius 3 is 2.67 bits per heavy atom. The Morgan fingerprint density at radius 1 is 1.38 bits per heavy atom. The fourth-order valence-electron chi connectivity index (χ4n) is 1.94. The summed E-state index contributed by atoms with van der Waals surface area (Å²) in [5, 5.41) is 11.5. The molecule has 1 rings (SSSR count). The third kappa shape index (κ3) is 6.74. The minimum Gasteiger partial charge on any atom is -0.480 e. The van der Waals surface area contributed by atoms with Crippen molar-refractivity contribution < 1.29 is 19.1 Å². The molecule has 116 valence electrons. The normalized spacial score (nSPS) is 10.5. The molecular weight excluding hydrogens is 275 g/mol. The van der Waals surface area contributed by atoms with E-state index in [9.17, 15) is 14.0 Å². The highest BCUT2D eigenvalue weighted by Gasteiger charge is 2.17. The molecule has 0 aliphatic rings. The van der Waals surface area contributed by atoms with Gasteiger partial charge in [0.25, 0.3) is 0 Å². The predicted octanol–water partition coefficient (Wildman–Crippen LogP) is 2.12. The lowest BCUT2D eigenvalue weighted by atomic mass is 10.1. The van der Waals surface area contributed by atoms with Crippen LogP contribution in [0.5, 0.6) is 0 Å². The van der Waals surface area contributed by atoms with Crippen LogP contribution in [0, 0.1) is 11.7 Å². The van der Waals surface area contributed by atoms with Gasteiger partial charge in [-0.05, 0) is 30.0 Å². The minimum atomic E-state index is -1.05. The van der Waals surface area contributed by atoms with Crippen molar-refractivity contribution in [2.24, 2.45) is 5.92 Å². The van der Waals surface area contributed by atoms with Gasteiger partial charge >= 0.3 is 12.0 Å². The summed E-state index contributed by atoms with van der Waals surface area (Å²) in [4.78, 5) is 24.0. The summed E-state index contributed by atoms with van der Waals surface area (Å²) in [5.41, 5.74) is 0.781. The van der Waals surface area contributed by atoms with Crippen LogP contribution in [0.15, 0.2) is 24.3 Å². The lowest BCUT2D eigenvalue weighted by Gasteiger charge is -2.23. The van der Waals surface area contributed by atoms with Gasteiger partial charge in [0.05, 0.1) is 0 Å². The highest BCUT2D eigenvalue weighted by molar-refractivity contribution is 5.80. The molecule has 0 bridgehead atoms. The minimum absolute atomic E-state index is 0.179. The van der Waals surface area contributed by atoms with Crippen molar-refractivity contribution in [1.82, 2.24) is 10.2 Å². The first-order chi connectivity index (χ1) is 9.88. The van der Waals surface area contributed by atoms with E-state index in [-0.39, 0.29) is 18.3 Å². The van der Waals surface area contributed by atoms with Crippen LogP contribution in [0.1, 0.15) is 19.4 Å². The van der Waals surface area contributed by atoms with E-state index in [4.69, 9.17) is 5.11 Å². The molecule has 0 saturated heterocycles. The van der Waals surface area contributed by atoms with E-state index in [2.05, 4.69) is 5.32 Å². The SMILES string of the molecule is CC(C)CN(CC(=O)O)C(=O)NCCc1cccc(F)c1. The Labute approximate surface area is 123 Å². The van der Waals surface area contributed by atoms with Crippen LogP contribution in [0.4, 0.5) is 9.18 Å². The monoisotopic (exact) mass is 296 g/mol. The lowest BCUT2D eigenvalue weighted by Crippen LogP contribution is -2.45. The highest BCUT2D eigenvalue weighted by Crippen LogP contribution is 2.04. The fraction of sp³-hybridized carbons (Fsp3) is 0.467. The van der Waals surface area contributed by atoms with Crippen molar-refractivity contribution in [3.05, 3.63) is 35.6 Å². The zero-order chi connectivity index (χ0) is 15.8. The highest BCUT2D eigenvalue weighted by atomic mass is 19.1. The first-order valence-electron chi connectivity index (χ1n) is 6.87. The first-order valence-corrected chi connectivity index (χ1v) is 6.87. The molecule has 0 heterocycles. The number of urea groups is 1. The Kier molecular flexibility index (Phi) is 6.65. The molecule has 1 aromatic rings. The number of amides is 2. The smallest absolute Gasteiger partial charge is 0.323 e. The summed E-state index contributed by atoms with van der Waals surface area (Å²) in [6, 6.07) is 5.75. The van der Waals surface area contributed by atoms with Crippen molar-refractivity contribution in [1.29, 1.82) is 0 Å². The average Bonchev–Trinajstić information content (AvgIpc) is 2.36. The third-order valence-electron chi connectivity index (χ3n) is 2.78. The summed E-state index contributed by atoms with van der Waals surface area (Å²) in [6.45, 7) is 4.20. The van der Waals surface area contributed by atoms with E-state index in [1.165, 1.54) is 17.0 Å². The van der Waals surface area contributed by atoms with Gasteiger partial charge in [0, 0.05) is 13.1 Å². The van der Waals surface area contributed by atoms with Crippen molar-refractivity contribution in [3.8, 4) is 0 Å². The number of hydrogen-bond donors (Lipinski definition) is 2. The Balaban J connectivity index is 2.47. The number of nitrogens with one attached hydrogen (secondary N) is 1. The summed E-state index contributed by atoms with van der Waals surface area (Å²) < 4.78 is 13.0. The number of carbonyl (C=O) groups is 2. The number of rotatable bonds is 7. The van der Waals surface area contributed by atoms with Crippen LogP contribution in [-0.2, 0) is 11.2 Å². The molecule has 1 aromatic carbocycles. The van der Waals surface area contributed by atoms with Crippen LogP contribution >= 0.6 is 0 Å². The second kappa shape index (κ2) is 8.24. The van der Waals surface area contributed by atoms with Crippen LogP contribution < -0.4 is 5.32 Å². The molecule has 2 amide bonds. The number of halogens is 1. The van der Waals surface area contributed by atoms with Gasteiger partial charge in [0.1, 0.15) is 12.4 Å². The van der Waals surface area contributed by atoms with Crippen molar-refractivity contribution in [2.75, 3.05) is 19.6 Å². The number of carbonyl (C=O) groups excluding carboxylic acids is 1. The topological polar surface area (TPSA) is 69.6 Å². The Bertz CT molecular complexity index is 492. The van der Waals surface area contributed by atoms with Crippen LogP contribution in [0.3, 0.4) is 0 Å². The number of benzene rings is 1. The van der Waals surface area contributed by atoms with Gasteiger partial charge in [0.15, 0.2) is 0 Å². The molecule has 0 unspecified atom stereocenters. The van der Waals surface area contributed by atoms with Gasteiger partial charge in [-0.15, -0.1) is 0 Å².